The molecule has 0 saturated heterocycles. The Morgan fingerprint density at radius 1 is 0.870 bits per heavy atom. The Labute approximate surface area is 139 Å². The molecule has 2 heteroatoms. The normalized spacial score (nSPS) is 21.6. The lowest BCUT2D eigenvalue weighted by molar-refractivity contribution is 0.00404. The molecule has 1 saturated carbocycles. The van der Waals surface area contributed by atoms with Gasteiger partial charge < -0.3 is 10.5 Å². The molecule has 0 spiro atoms. The molecule has 2 nitrogen and oxygen atoms in total. The molecule has 0 amide bonds. The predicted octanol–water partition coefficient (Wildman–Crippen LogP) is 4.64. The summed E-state index contributed by atoms with van der Waals surface area (Å²) >= 11 is 0. The van der Waals surface area contributed by atoms with E-state index >= 15 is 0 Å². The van der Waals surface area contributed by atoms with Gasteiger partial charge in [0.15, 0.2) is 0 Å². The minimum Gasteiger partial charge on any atom is -0.372 e. The summed E-state index contributed by atoms with van der Waals surface area (Å²) in [6, 6.07) is 19.1. The first kappa shape index (κ1) is 16.0. The highest BCUT2D eigenvalue weighted by Gasteiger charge is 2.22. The Hall–Kier alpha value is -1.90. The van der Waals surface area contributed by atoms with Gasteiger partial charge in [-0.1, -0.05) is 79.6 Å². The van der Waals surface area contributed by atoms with Crippen molar-refractivity contribution in [2.45, 2.75) is 44.4 Å². The lowest BCUT2D eigenvalue weighted by atomic mass is 9.93. The Morgan fingerprint density at radius 2 is 1.52 bits per heavy atom. The first-order valence-corrected chi connectivity index (χ1v) is 8.50. The molecule has 0 aromatic heterocycles. The van der Waals surface area contributed by atoms with Crippen LogP contribution in [-0.4, -0.2) is 12.1 Å². The minimum atomic E-state index is 0.205. The van der Waals surface area contributed by atoms with Crippen LogP contribution in [0, 0.1) is 0 Å². The van der Waals surface area contributed by atoms with Crippen LogP contribution in [0.1, 0.15) is 42.4 Å². The fourth-order valence-electron chi connectivity index (χ4n) is 3.02. The molecule has 1 aliphatic rings. The van der Waals surface area contributed by atoms with Gasteiger partial charge in [0.25, 0.3) is 0 Å². The van der Waals surface area contributed by atoms with E-state index in [0.717, 1.165) is 12.8 Å². The molecule has 1 aliphatic carbocycles. The van der Waals surface area contributed by atoms with Gasteiger partial charge in [0.2, 0.25) is 0 Å². The van der Waals surface area contributed by atoms with E-state index in [1.807, 2.05) is 6.07 Å². The van der Waals surface area contributed by atoms with E-state index in [-0.39, 0.29) is 12.1 Å². The Bertz CT molecular complexity index is 618. The van der Waals surface area contributed by atoms with E-state index in [1.165, 1.54) is 29.5 Å². The molecule has 0 heterocycles. The molecule has 2 aromatic carbocycles. The van der Waals surface area contributed by atoms with Crippen molar-refractivity contribution in [1.82, 2.24) is 0 Å². The van der Waals surface area contributed by atoms with Crippen LogP contribution in [0.15, 0.2) is 54.6 Å². The summed E-state index contributed by atoms with van der Waals surface area (Å²) in [5.41, 5.74) is 9.75. The lowest BCUT2D eigenvalue weighted by Crippen LogP contribution is -2.39. The molecule has 2 unspecified atom stereocenters. The molecule has 0 radical (unpaired) electrons. The topological polar surface area (TPSA) is 35.2 Å². The number of benzene rings is 2. The Kier molecular flexibility index (Phi) is 5.62. The molecule has 2 atom stereocenters. The molecule has 23 heavy (non-hydrogen) atoms. The van der Waals surface area contributed by atoms with E-state index in [4.69, 9.17) is 10.5 Å². The van der Waals surface area contributed by atoms with Crippen molar-refractivity contribution in [2.24, 2.45) is 5.73 Å². The van der Waals surface area contributed by atoms with Crippen molar-refractivity contribution >= 4 is 12.2 Å². The van der Waals surface area contributed by atoms with Gasteiger partial charge in [0.05, 0.1) is 12.7 Å². The van der Waals surface area contributed by atoms with E-state index in [0.29, 0.717) is 6.61 Å². The maximum atomic E-state index is 6.13. The molecule has 3 rings (SSSR count). The minimum absolute atomic E-state index is 0.205. The zero-order valence-electron chi connectivity index (χ0n) is 13.5. The predicted molar refractivity (Wildman–Crippen MR) is 96.8 cm³/mol. The number of hydrogen-bond donors (Lipinski definition) is 1. The third-order valence-electron chi connectivity index (χ3n) is 4.47. The van der Waals surface area contributed by atoms with Crippen molar-refractivity contribution in [2.75, 3.05) is 0 Å². The maximum Gasteiger partial charge on any atom is 0.0730 e. The molecule has 1 fully saturated rings. The van der Waals surface area contributed by atoms with Crippen LogP contribution in [0.4, 0.5) is 0 Å². The summed E-state index contributed by atoms with van der Waals surface area (Å²) in [5.74, 6) is 0. The van der Waals surface area contributed by atoms with Gasteiger partial charge in [-0.25, -0.2) is 0 Å². The Balaban J connectivity index is 1.53. The fraction of sp³-hybridized carbons (Fsp3) is 0.333. The van der Waals surface area contributed by atoms with Crippen LogP contribution in [-0.2, 0) is 11.3 Å². The van der Waals surface area contributed by atoms with Gasteiger partial charge in [-0.2, -0.15) is 0 Å². The standard InChI is InChI=1S/C21H25NO/c22-20-8-4-5-9-21(20)23-16-19-14-12-18(13-15-19)11-10-17-6-2-1-3-7-17/h1-3,6-7,10-15,20-21H,4-5,8-9,16,22H2/b11-10+. The average Bonchev–Trinajstić information content (AvgIpc) is 2.61. The maximum absolute atomic E-state index is 6.13. The van der Waals surface area contributed by atoms with E-state index in [2.05, 4.69) is 60.7 Å². The highest BCUT2D eigenvalue weighted by Crippen LogP contribution is 2.21. The van der Waals surface area contributed by atoms with Crippen molar-refractivity contribution in [3.8, 4) is 0 Å². The van der Waals surface area contributed by atoms with Gasteiger partial charge in [-0.05, 0) is 29.5 Å². The number of hydrogen-bond acceptors (Lipinski definition) is 2. The van der Waals surface area contributed by atoms with Crippen molar-refractivity contribution in [3.05, 3.63) is 71.3 Å². The second-order valence-corrected chi connectivity index (χ2v) is 6.28. The largest absolute Gasteiger partial charge is 0.372 e. The van der Waals surface area contributed by atoms with Crippen molar-refractivity contribution < 1.29 is 4.74 Å². The van der Waals surface area contributed by atoms with Crippen LogP contribution < -0.4 is 5.73 Å². The zero-order valence-corrected chi connectivity index (χ0v) is 13.5. The first-order chi connectivity index (χ1) is 11.3. The highest BCUT2D eigenvalue weighted by atomic mass is 16.5. The van der Waals surface area contributed by atoms with Crippen LogP contribution in [0.2, 0.25) is 0 Å². The summed E-state index contributed by atoms with van der Waals surface area (Å²) in [7, 11) is 0. The second-order valence-electron chi connectivity index (χ2n) is 6.28. The fourth-order valence-corrected chi connectivity index (χ4v) is 3.02. The van der Waals surface area contributed by atoms with Crippen molar-refractivity contribution in [3.63, 3.8) is 0 Å². The van der Waals surface area contributed by atoms with Crippen LogP contribution in [0.3, 0.4) is 0 Å². The summed E-state index contributed by atoms with van der Waals surface area (Å²) in [4.78, 5) is 0. The summed E-state index contributed by atoms with van der Waals surface area (Å²) in [6.07, 6.45) is 9.16. The van der Waals surface area contributed by atoms with Gasteiger partial charge in [0.1, 0.15) is 0 Å². The highest BCUT2D eigenvalue weighted by molar-refractivity contribution is 5.69. The molecule has 120 valence electrons. The molecular weight excluding hydrogens is 282 g/mol. The van der Waals surface area contributed by atoms with Crippen LogP contribution >= 0.6 is 0 Å². The van der Waals surface area contributed by atoms with Gasteiger partial charge >= 0.3 is 0 Å². The third-order valence-corrected chi connectivity index (χ3v) is 4.47. The first-order valence-electron chi connectivity index (χ1n) is 8.50. The van der Waals surface area contributed by atoms with Gasteiger partial charge in [-0.3, -0.25) is 0 Å². The molecule has 0 bridgehead atoms. The average molecular weight is 307 g/mol. The van der Waals surface area contributed by atoms with Crippen molar-refractivity contribution in [1.29, 1.82) is 0 Å². The summed E-state index contributed by atoms with van der Waals surface area (Å²) < 4.78 is 6.01. The number of ether oxygens (including phenoxy) is 1. The Morgan fingerprint density at radius 3 is 2.22 bits per heavy atom. The van der Waals surface area contributed by atoms with Gasteiger partial charge in [0, 0.05) is 6.04 Å². The van der Waals surface area contributed by atoms with Crippen LogP contribution in [0.25, 0.3) is 12.2 Å². The molecule has 0 aliphatic heterocycles. The summed E-state index contributed by atoms with van der Waals surface area (Å²) in [5, 5.41) is 0. The zero-order chi connectivity index (χ0) is 15.9. The molecular formula is C21H25NO. The number of nitrogens with two attached hydrogens (primary N) is 1. The smallest absolute Gasteiger partial charge is 0.0730 e. The van der Waals surface area contributed by atoms with Crippen LogP contribution in [0.5, 0.6) is 0 Å². The molecule has 2 aromatic rings. The SMILES string of the molecule is NC1CCCCC1OCc1ccc(/C=C/c2ccccc2)cc1. The monoisotopic (exact) mass is 307 g/mol. The third kappa shape index (κ3) is 4.78. The van der Waals surface area contributed by atoms with Gasteiger partial charge in [-0.15, -0.1) is 0 Å². The number of rotatable bonds is 5. The quantitative estimate of drug-likeness (QED) is 0.816. The summed E-state index contributed by atoms with van der Waals surface area (Å²) in [6.45, 7) is 0.654. The molecule has 2 N–H and O–H groups in total. The lowest BCUT2D eigenvalue weighted by Gasteiger charge is -2.28. The van der Waals surface area contributed by atoms with E-state index in [1.54, 1.807) is 0 Å². The second kappa shape index (κ2) is 8.09. The van der Waals surface area contributed by atoms with E-state index < -0.39 is 0 Å². The van der Waals surface area contributed by atoms with E-state index in [9.17, 15) is 0 Å².